The van der Waals surface area contributed by atoms with Gasteiger partial charge in [0.25, 0.3) is 11.8 Å². The number of terminal acetylenes is 1. The molecule has 0 saturated heterocycles. The largest absolute Gasteiger partial charge is 0.479 e. The predicted molar refractivity (Wildman–Crippen MR) is 105 cm³/mol. The van der Waals surface area contributed by atoms with E-state index in [1.807, 2.05) is 0 Å². The first-order valence-corrected chi connectivity index (χ1v) is 9.01. The number of ether oxygens (including phenoxy) is 2. The van der Waals surface area contributed by atoms with E-state index in [0.29, 0.717) is 12.2 Å². The molecule has 1 heterocycles. The van der Waals surface area contributed by atoms with Crippen LogP contribution in [0.2, 0.25) is 0 Å². The lowest BCUT2D eigenvalue weighted by Gasteiger charge is -2.17. The molecule has 2 amide bonds. The van der Waals surface area contributed by atoms with Crippen LogP contribution in [0.25, 0.3) is 0 Å². The number of para-hydroxylation sites is 2. The van der Waals surface area contributed by atoms with E-state index >= 15 is 0 Å². The number of rotatable bonds is 7. The number of aliphatic hydroxyl groups excluding tert-OH is 1. The Bertz CT molecular complexity index is 1010. The topological polar surface area (TPSA) is 93.1 Å². The highest BCUT2D eigenvalue weighted by molar-refractivity contribution is 6.35. The molecule has 0 aromatic heterocycles. The van der Waals surface area contributed by atoms with Gasteiger partial charge in [0.1, 0.15) is 19.0 Å². The number of carbonyl (C=O) groups is 3. The van der Waals surface area contributed by atoms with Gasteiger partial charge in [-0.25, -0.2) is 9.69 Å². The van der Waals surface area contributed by atoms with E-state index in [0.717, 1.165) is 4.90 Å². The first kappa shape index (κ1) is 20.1. The van der Waals surface area contributed by atoms with Crippen LogP contribution in [0.5, 0.6) is 5.75 Å². The number of amides is 2. The van der Waals surface area contributed by atoms with Crippen LogP contribution in [-0.4, -0.2) is 42.2 Å². The lowest BCUT2D eigenvalue weighted by molar-refractivity contribution is 0.0250. The zero-order valence-corrected chi connectivity index (χ0v) is 15.8. The van der Waals surface area contributed by atoms with E-state index in [2.05, 4.69) is 5.92 Å². The van der Waals surface area contributed by atoms with Gasteiger partial charge in [0.2, 0.25) is 0 Å². The van der Waals surface area contributed by atoms with Gasteiger partial charge < -0.3 is 14.6 Å². The first-order chi connectivity index (χ1) is 14.0. The van der Waals surface area contributed by atoms with Gasteiger partial charge in [0.05, 0.1) is 28.5 Å². The Kier molecular flexibility index (Phi) is 5.96. The maximum absolute atomic E-state index is 12.9. The van der Waals surface area contributed by atoms with Crippen LogP contribution in [0.1, 0.15) is 44.4 Å². The fourth-order valence-corrected chi connectivity index (χ4v) is 2.84. The number of anilines is 1. The summed E-state index contributed by atoms with van der Waals surface area (Å²) in [6.45, 7) is 1.60. The Balaban J connectivity index is 1.89. The summed E-state index contributed by atoms with van der Waals surface area (Å²) in [6, 6.07) is 10.7. The molecule has 0 saturated carbocycles. The highest BCUT2D eigenvalue weighted by atomic mass is 16.5. The fraction of sp³-hybridized carbons (Fsp3) is 0.227. The summed E-state index contributed by atoms with van der Waals surface area (Å²) in [5.41, 5.74) is 0.648. The van der Waals surface area contributed by atoms with E-state index in [1.165, 1.54) is 18.2 Å². The Morgan fingerprint density at radius 1 is 1.17 bits per heavy atom. The van der Waals surface area contributed by atoms with Crippen molar-refractivity contribution in [3.8, 4) is 18.1 Å². The summed E-state index contributed by atoms with van der Waals surface area (Å²) in [5, 5.41) is 9.53. The van der Waals surface area contributed by atoms with Crippen molar-refractivity contribution >= 4 is 23.5 Å². The average Bonchev–Trinajstić information content (AvgIpc) is 3.00. The highest BCUT2D eigenvalue weighted by Crippen LogP contribution is 2.35. The summed E-state index contributed by atoms with van der Waals surface area (Å²) in [5.74, 6) is 0.850. The quantitative estimate of drug-likeness (QED) is 0.441. The van der Waals surface area contributed by atoms with E-state index in [9.17, 15) is 19.5 Å². The van der Waals surface area contributed by atoms with Gasteiger partial charge in [-0.15, -0.1) is 6.42 Å². The molecule has 0 aliphatic carbocycles. The van der Waals surface area contributed by atoms with Gasteiger partial charge in [0.15, 0.2) is 0 Å². The third-order valence-corrected chi connectivity index (χ3v) is 4.42. The smallest absolute Gasteiger partial charge is 0.338 e. The molecule has 2 aromatic carbocycles. The molecule has 0 radical (unpaired) electrons. The summed E-state index contributed by atoms with van der Waals surface area (Å²) in [7, 11) is 0. The van der Waals surface area contributed by atoms with Gasteiger partial charge in [-0.3, -0.25) is 9.59 Å². The molecule has 1 aliphatic rings. The molecular weight excluding hydrogens is 374 g/mol. The van der Waals surface area contributed by atoms with Gasteiger partial charge in [-0.2, -0.15) is 0 Å². The lowest BCUT2D eigenvalue weighted by Crippen LogP contribution is -2.29. The third kappa shape index (κ3) is 3.98. The van der Waals surface area contributed by atoms with Crippen LogP contribution in [0.3, 0.4) is 0 Å². The minimum Gasteiger partial charge on any atom is -0.479 e. The summed E-state index contributed by atoms with van der Waals surface area (Å²) < 4.78 is 10.5. The van der Waals surface area contributed by atoms with Crippen molar-refractivity contribution in [2.45, 2.75) is 19.4 Å². The number of esters is 1. The van der Waals surface area contributed by atoms with Crippen molar-refractivity contribution in [1.29, 1.82) is 0 Å². The predicted octanol–water partition coefficient (Wildman–Crippen LogP) is 2.43. The zero-order valence-electron chi connectivity index (χ0n) is 15.8. The number of fused-ring (bicyclic) bond motifs is 1. The van der Waals surface area contributed by atoms with E-state index in [4.69, 9.17) is 15.9 Å². The van der Waals surface area contributed by atoms with Gasteiger partial charge in [0, 0.05) is 0 Å². The molecule has 0 spiro atoms. The zero-order chi connectivity index (χ0) is 21.0. The molecule has 0 fully saturated rings. The monoisotopic (exact) mass is 393 g/mol. The van der Waals surface area contributed by atoms with Crippen molar-refractivity contribution in [1.82, 2.24) is 0 Å². The van der Waals surface area contributed by atoms with Gasteiger partial charge in [-0.05, 0) is 36.8 Å². The first-order valence-electron chi connectivity index (χ1n) is 9.01. The summed E-state index contributed by atoms with van der Waals surface area (Å²) in [4.78, 5) is 39.0. The van der Waals surface area contributed by atoms with E-state index in [1.54, 1.807) is 31.2 Å². The van der Waals surface area contributed by atoms with Crippen LogP contribution in [0.4, 0.5) is 5.69 Å². The van der Waals surface area contributed by atoms with Crippen LogP contribution in [0.15, 0.2) is 42.5 Å². The fourth-order valence-electron chi connectivity index (χ4n) is 2.84. The third-order valence-electron chi connectivity index (χ3n) is 4.42. The van der Waals surface area contributed by atoms with Crippen LogP contribution in [0, 0.1) is 12.3 Å². The standard InChI is InChI=1S/C22H19NO6/c1-3-11-28-19-8-6-5-7-18(19)23-20(25)16-10-9-14(12-17(16)21(23)26)22(27)29-13-15(24)4-2/h1,5-10,12,15,24H,4,11,13H2,2H3. The molecular formula is C22H19NO6. The second-order valence-corrected chi connectivity index (χ2v) is 6.33. The number of carbonyl (C=O) groups excluding carboxylic acids is 3. The molecule has 0 bridgehead atoms. The molecule has 7 heteroatoms. The highest BCUT2D eigenvalue weighted by Gasteiger charge is 2.38. The lowest BCUT2D eigenvalue weighted by atomic mass is 10.1. The number of hydrogen-bond donors (Lipinski definition) is 1. The molecule has 7 nitrogen and oxygen atoms in total. The number of hydrogen-bond acceptors (Lipinski definition) is 6. The van der Waals surface area contributed by atoms with Crippen LogP contribution >= 0.6 is 0 Å². The number of nitrogens with zero attached hydrogens (tertiary/aromatic N) is 1. The molecule has 1 unspecified atom stereocenters. The molecule has 3 rings (SSSR count). The van der Waals surface area contributed by atoms with Gasteiger partial charge in [-0.1, -0.05) is 25.0 Å². The molecule has 148 valence electrons. The molecule has 1 atom stereocenters. The van der Waals surface area contributed by atoms with Gasteiger partial charge >= 0.3 is 5.97 Å². The second kappa shape index (κ2) is 8.59. The summed E-state index contributed by atoms with van der Waals surface area (Å²) in [6.07, 6.45) is 4.91. The molecule has 1 aliphatic heterocycles. The normalized spacial score (nSPS) is 13.6. The SMILES string of the molecule is C#CCOc1ccccc1N1C(=O)c2ccc(C(=O)OCC(O)CC)cc2C1=O. The minimum atomic E-state index is -0.758. The Labute approximate surface area is 167 Å². The molecule has 1 N–H and O–H groups in total. The molecule has 2 aromatic rings. The van der Waals surface area contributed by atoms with Crippen LogP contribution < -0.4 is 9.64 Å². The number of imide groups is 1. The Morgan fingerprint density at radius 2 is 1.90 bits per heavy atom. The van der Waals surface area contributed by atoms with Crippen molar-refractivity contribution < 1.29 is 29.0 Å². The second-order valence-electron chi connectivity index (χ2n) is 6.33. The van der Waals surface area contributed by atoms with E-state index in [-0.39, 0.29) is 35.6 Å². The van der Waals surface area contributed by atoms with Crippen LogP contribution in [-0.2, 0) is 4.74 Å². The number of benzene rings is 2. The molecule has 29 heavy (non-hydrogen) atoms. The maximum atomic E-state index is 12.9. The average molecular weight is 393 g/mol. The minimum absolute atomic E-state index is 0.0141. The number of aliphatic hydroxyl groups is 1. The van der Waals surface area contributed by atoms with Crippen molar-refractivity contribution in [2.75, 3.05) is 18.1 Å². The van der Waals surface area contributed by atoms with Crippen molar-refractivity contribution in [3.63, 3.8) is 0 Å². The van der Waals surface area contributed by atoms with E-state index < -0.39 is 23.9 Å². The Morgan fingerprint density at radius 3 is 2.62 bits per heavy atom. The Hall–Kier alpha value is -3.63. The maximum Gasteiger partial charge on any atom is 0.338 e. The summed E-state index contributed by atoms with van der Waals surface area (Å²) >= 11 is 0. The van der Waals surface area contributed by atoms with Crippen molar-refractivity contribution in [3.05, 3.63) is 59.2 Å². The van der Waals surface area contributed by atoms with Crippen molar-refractivity contribution in [2.24, 2.45) is 0 Å².